The van der Waals surface area contributed by atoms with Crippen LogP contribution < -0.4 is 4.72 Å². The lowest BCUT2D eigenvalue weighted by atomic mass is 10.3. The Bertz CT molecular complexity index is 566. The molecule has 0 saturated carbocycles. The summed E-state index contributed by atoms with van der Waals surface area (Å²) in [7, 11) is -2.57. The van der Waals surface area contributed by atoms with Crippen LogP contribution in [0, 0.1) is 0 Å². The van der Waals surface area contributed by atoms with Crippen LogP contribution in [0.1, 0.15) is 16.8 Å². The zero-order valence-corrected chi connectivity index (χ0v) is 10.8. The number of rotatable bonds is 6. The van der Waals surface area contributed by atoms with E-state index in [4.69, 9.17) is 5.11 Å². The van der Waals surface area contributed by atoms with E-state index in [1.54, 1.807) is 0 Å². The van der Waals surface area contributed by atoms with Crippen molar-refractivity contribution in [3.05, 3.63) is 23.9 Å². The van der Waals surface area contributed by atoms with Crippen LogP contribution in [-0.2, 0) is 19.6 Å². The Kier molecular flexibility index (Phi) is 4.81. The first-order valence-corrected chi connectivity index (χ1v) is 6.76. The van der Waals surface area contributed by atoms with Crippen LogP contribution in [0.4, 0.5) is 5.82 Å². The van der Waals surface area contributed by atoms with E-state index < -0.39 is 27.7 Å². The molecule has 104 valence electrons. The molecule has 0 unspecified atom stereocenters. The fourth-order valence-corrected chi connectivity index (χ4v) is 2.09. The van der Waals surface area contributed by atoms with Gasteiger partial charge in [0, 0.05) is 6.20 Å². The van der Waals surface area contributed by atoms with E-state index in [1.165, 1.54) is 12.1 Å². The molecule has 0 fully saturated rings. The van der Waals surface area contributed by atoms with Crippen LogP contribution in [0.5, 0.6) is 0 Å². The zero-order chi connectivity index (χ0) is 14.5. The molecule has 0 spiro atoms. The van der Waals surface area contributed by atoms with Gasteiger partial charge in [-0.2, -0.15) is 0 Å². The molecule has 8 nitrogen and oxygen atoms in total. The number of sulfonamides is 1. The normalized spacial score (nSPS) is 10.8. The minimum atomic E-state index is -3.73. The lowest BCUT2D eigenvalue weighted by Gasteiger charge is -2.06. The fourth-order valence-electron chi connectivity index (χ4n) is 1.11. The number of esters is 1. The highest BCUT2D eigenvalue weighted by Gasteiger charge is 2.14. The van der Waals surface area contributed by atoms with Gasteiger partial charge in [0.1, 0.15) is 5.82 Å². The van der Waals surface area contributed by atoms with Crippen molar-refractivity contribution in [1.82, 2.24) is 4.98 Å². The molecule has 1 heterocycles. The molecule has 0 saturated heterocycles. The van der Waals surface area contributed by atoms with Gasteiger partial charge in [0.2, 0.25) is 10.0 Å². The molecule has 0 radical (unpaired) electrons. The number of aromatic carboxylic acids is 1. The number of carbonyl (C=O) groups is 2. The monoisotopic (exact) mass is 288 g/mol. The molecule has 1 aromatic rings. The minimum absolute atomic E-state index is 0.0186. The number of ether oxygens (including phenoxy) is 1. The Morgan fingerprint density at radius 2 is 2.11 bits per heavy atom. The van der Waals surface area contributed by atoms with Crippen molar-refractivity contribution in [2.75, 3.05) is 17.6 Å². The highest BCUT2D eigenvalue weighted by Crippen LogP contribution is 2.08. The summed E-state index contributed by atoms with van der Waals surface area (Å²) in [4.78, 5) is 25.1. The number of anilines is 1. The van der Waals surface area contributed by atoms with Gasteiger partial charge < -0.3 is 9.84 Å². The van der Waals surface area contributed by atoms with Crippen molar-refractivity contribution >= 4 is 27.8 Å². The molecule has 9 heteroatoms. The Balaban J connectivity index is 2.67. The van der Waals surface area contributed by atoms with Crippen LogP contribution >= 0.6 is 0 Å². The summed E-state index contributed by atoms with van der Waals surface area (Å²) in [5.74, 6) is -2.26. The molecule has 0 aliphatic carbocycles. The van der Waals surface area contributed by atoms with Crippen molar-refractivity contribution in [3.63, 3.8) is 0 Å². The Hall–Kier alpha value is -2.16. The van der Waals surface area contributed by atoms with E-state index in [0.29, 0.717) is 0 Å². The Morgan fingerprint density at radius 3 is 2.58 bits per heavy atom. The molecular weight excluding hydrogens is 276 g/mol. The van der Waals surface area contributed by atoms with Gasteiger partial charge in [-0.15, -0.1) is 0 Å². The van der Waals surface area contributed by atoms with E-state index in [9.17, 15) is 18.0 Å². The Morgan fingerprint density at radius 1 is 1.42 bits per heavy atom. The van der Waals surface area contributed by atoms with Crippen molar-refractivity contribution in [1.29, 1.82) is 0 Å². The molecule has 1 rings (SSSR count). The van der Waals surface area contributed by atoms with Crippen LogP contribution in [0.2, 0.25) is 0 Å². The number of aromatic nitrogens is 1. The van der Waals surface area contributed by atoms with Crippen molar-refractivity contribution in [2.24, 2.45) is 0 Å². The molecule has 0 bridgehead atoms. The highest BCUT2D eigenvalue weighted by molar-refractivity contribution is 7.92. The SMILES string of the molecule is COC(=O)CCS(=O)(=O)Nc1ccc(C(=O)O)cn1. The number of hydrogen-bond donors (Lipinski definition) is 2. The largest absolute Gasteiger partial charge is 0.478 e. The topological polar surface area (TPSA) is 123 Å². The zero-order valence-electron chi connectivity index (χ0n) is 9.99. The second-order valence-electron chi connectivity index (χ2n) is 3.48. The van der Waals surface area contributed by atoms with E-state index >= 15 is 0 Å². The summed E-state index contributed by atoms with van der Waals surface area (Å²) in [6.45, 7) is 0. The summed E-state index contributed by atoms with van der Waals surface area (Å²) < 4.78 is 29.6. The summed E-state index contributed by atoms with van der Waals surface area (Å²) >= 11 is 0. The summed E-state index contributed by atoms with van der Waals surface area (Å²) in [5.41, 5.74) is -0.0579. The van der Waals surface area contributed by atoms with Gasteiger partial charge in [-0.3, -0.25) is 9.52 Å². The van der Waals surface area contributed by atoms with Crippen LogP contribution in [0.25, 0.3) is 0 Å². The quantitative estimate of drug-likeness (QED) is 0.711. The van der Waals surface area contributed by atoms with Gasteiger partial charge in [0.05, 0.1) is 24.8 Å². The van der Waals surface area contributed by atoms with Gasteiger partial charge in [-0.25, -0.2) is 18.2 Å². The van der Waals surface area contributed by atoms with Crippen LogP contribution in [0.3, 0.4) is 0 Å². The maximum Gasteiger partial charge on any atom is 0.337 e. The number of nitrogens with one attached hydrogen (secondary N) is 1. The van der Waals surface area contributed by atoms with Gasteiger partial charge >= 0.3 is 11.9 Å². The predicted molar refractivity (Wildman–Crippen MR) is 65.2 cm³/mol. The first-order chi connectivity index (χ1) is 8.84. The van der Waals surface area contributed by atoms with E-state index in [1.807, 2.05) is 0 Å². The minimum Gasteiger partial charge on any atom is -0.478 e. The second-order valence-corrected chi connectivity index (χ2v) is 5.33. The number of nitrogens with zero attached hydrogens (tertiary/aromatic N) is 1. The molecule has 0 aliphatic heterocycles. The molecule has 0 aromatic carbocycles. The highest BCUT2D eigenvalue weighted by atomic mass is 32.2. The number of carboxylic acid groups (broad SMARTS) is 1. The van der Waals surface area contributed by atoms with Crippen molar-refractivity contribution in [2.45, 2.75) is 6.42 Å². The van der Waals surface area contributed by atoms with Gasteiger partial charge in [0.15, 0.2) is 0 Å². The molecule has 1 aromatic heterocycles. The summed E-state index contributed by atoms with van der Waals surface area (Å²) in [6.07, 6.45) is 0.750. The molecule has 0 atom stereocenters. The van der Waals surface area contributed by atoms with Crippen molar-refractivity contribution < 1.29 is 27.9 Å². The maximum atomic E-state index is 11.6. The van der Waals surface area contributed by atoms with Crippen LogP contribution in [-0.4, -0.2) is 43.3 Å². The molecule has 0 amide bonds. The third kappa shape index (κ3) is 4.92. The molecule has 19 heavy (non-hydrogen) atoms. The lowest BCUT2D eigenvalue weighted by Crippen LogP contribution is -2.20. The molecular formula is C10H12N2O6S. The van der Waals surface area contributed by atoms with Crippen molar-refractivity contribution in [3.8, 4) is 0 Å². The van der Waals surface area contributed by atoms with E-state index in [-0.39, 0.29) is 17.8 Å². The third-order valence-electron chi connectivity index (χ3n) is 2.07. The maximum absolute atomic E-state index is 11.6. The van der Waals surface area contributed by atoms with E-state index in [0.717, 1.165) is 13.3 Å². The lowest BCUT2D eigenvalue weighted by molar-refractivity contribution is -0.140. The molecule has 2 N–H and O–H groups in total. The number of methoxy groups -OCH3 is 1. The van der Waals surface area contributed by atoms with Crippen LogP contribution in [0.15, 0.2) is 18.3 Å². The summed E-state index contributed by atoms with van der Waals surface area (Å²) in [5, 5.41) is 8.65. The smallest absolute Gasteiger partial charge is 0.337 e. The number of hydrogen-bond acceptors (Lipinski definition) is 6. The number of pyridine rings is 1. The standard InChI is InChI=1S/C10H12N2O6S/c1-18-9(13)4-5-19(16,17)12-8-3-2-7(6-11-8)10(14)15/h2-3,6H,4-5H2,1H3,(H,11,12)(H,14,15). The van der Waals surface area contributed by atoms with Gasteiger partial charge in [-0.1, -0.05) is 0 Å². The predicted octanol–water partition coefficient (Wildman–Crippen LogP) is 0.0846. The first-order valence-electron chi connectivity index (χ1n) is 5.11. The second kappa shape index (κ2) is 6.14. The van der Waals surface area contributed by atoms with Gasteiger partial charge in [-0.05, 0) is 12.1 Å². The summed E-state index contributed by atoms with van der Waals surface area (Å²) in [6, 6.07) is 2.44. The van der Waals surface area contributed by atoms with E-state index in [2.05, 4.69) is 14.4 Å². The first kappa shape index (κ1) is 14.9. The average molecular weight is 288 g/mol. The molecule has 0 aliphatic rings. The van der Waals surface area contributed by atoms with Gasteiger partial charge in [0.25, 0.3) is 0 Å². The number of carboxylic acids is 1. The third-order valence-corrected chi connectivity index (χ3v) is 3.33. The number of carbonyl (C=O) groups excluding carboxylic acids is 1. The Labute approximate surface area is 109 Å². The average Bonchev–Trinajstić information content (AvgIpc) is 2.36. The fraction of sp³-hybridized carbons (Fsp3) is 0.300.